The number of anilines is 1. The molecule has 1 saturated heterocycles. The quantitative estimate of drug-likeness (QED) is 0.247. The van der Waals surface area contributed by atoms with E-state index in [1.807, 2.05) is 13.2 Å². The Kier molecular flexibility index (Phi) is 6.17. The number of hydrogen-bond acceptors (Lipinski definition) is 2. The van der Waals surface area contributed by atoms with Crippen LogP contribution in [0.3, 0.4) is 0 Å². The molecule has 2 saturated carbocycles. The van der Waals surface area contributed by atoms with Crippen molar-refractivity contribution < 1.29 is 4.74 Å². The number of ether oxygens (including phenoxy) is 1. The Hall–Kier alpha value is -2.62. The molecule has 1 aromatic carbocycles. The van der Waals surface area contributed by atoms with Crippen LogP contribution in [-0.4, -0.2) is 20.2 Å². The van der Waals surface area contributed by atoms with Crippen molar-refractivity contribution in [3.8, 4) is 11.8 Å². The first-order chi connectivity index (χ1) is 17.6. The average molecular weight is 480 g/mol. The first-order valence-corrected chi connectivity index (χ1v) is 14.3. The second kappa shape index (κ2) is 9.36. The van der Waals surface area contributed by atoms with Gasteiger partial charge in [-0.05, 0) is 123 Å². The van der Waals surface area contributed by atoms with Gasteiger partial charge in [-0.3, -0.25) is 0 Å². The van der Waals surface area contributed by atoms with Gasteiger partial charge in [0, 0.05) is 24.7 Å². The van der Waals surface area contributed by atoms with Crippen LogP contribution in [0.4, 0.5) is 5.69 Å². The molecular weight excluding hydrogens is 438 g/mol. The monoisotopic (exact) mass is 479 g/mol. The molecule has 5 atom stereocenters. The van der Waals surface area contributed by atoms with Crippen molar-refractivity contribution in [3.05, 3.63) is 70.7 Å². The van der Waals surface area contributed by atoms with Crippen LogP contribution in [0, 0.1) is 34.5 Å². The number of allylic oxidation sites excluding steroid dienone is 4. The fourth-order valence-corrected chi connectivity index (χ4v) is 8.71. The van der Waals surface area contributed by atoms with Gasteiger partial charge < -0.3 is 9.64 Å². The minimum absolute atomic E-state index is 0.116. The molecule has 0 N–H and O–H groups in total. The Balaban J connectivity index is 1.47. The molecule has 1 aliphatic heterocycles. The standard InChI is InChI=1S/C34H41NO/c1-4-18-34(20-23-36-3)19-17-31-29-16-13-25-9-5-6-10-28(25)32(29)30(24-33(31,34)2)26-11-14-27(15-12-26)35-21-7-8-22-35/h5,11-12,14-15,20,23,29-31H,6-8,10,13,16-17,19,21-22,24H2,1-3H3/t29-,30+,31-,33-,34+/m0/s1. The van der Waals surface area contributed by atoms with Gasteiger partial charge in [0.25, 0.3) is 0 Å². The van der Waals surface area contributed by atoms with Crippen molar-refractivity contribution in [2.24, 2.45) is 22.7 Å². The van der Waals surface area contributed by atoms with Gasteiger partial charge in [0.1, 0.15) is 0 Å². The van der Waals surface area contributed by atoms with Gasteiger partial charge >= 0.3 is 0 Å². The van der Waals surface area contributed by atoms with Crippen LogP contribution in [0.5, 0.6) is 0 Å². The lowest BCUT2D eigenvalue weighted by molar-refractivity contribution is 0.0528. The summed E-state index contributed by atoms with van der Waals surface area (Å²) in [5.41, 5.74) is 11.5. The van der Waals surface area contributed by atoms with Gasteiger partial charge in [-0.25, -0.2) is 0 Å². The van der Waals surface area contributed by atoms with E-state index < -0.39 is 0 Å². The SMILES string of the molecule is CC#C[C@]1(C=COC)CC[C@H]2[C@@H]3CCC4=C=CCCC4=C3[C@@H](c3ccc(N4CCCC4)cc3)C[C@@]21C. The van der Waals surface area contributed by atoms with E-state index in [4.69, 9.17) is 4.74 Å². The summed E-state index contributed by atoms with van der Waals surface area (Å²) in [6.45, 7) is 6.97. The first-order valence-electron chi connectivity index (χ1n) is 14.3. The lowest BCUT2D eigenvalue weighted by Gasteiger charge is -2.54. The molecule has 0 spiro atoms. The van der Waals surface area contributed by atoms with E-state index in [-0.39, 0.29) is 10.8 Å². The van der Waals surface area contributed by atoms with E-state index in [0.29, 0.717) is 17.8 Å². The van der Waals surface area contributed by atoms with E-state index in [1.54, 1.807) is 18.3 Å². The maximum Gasteiger partial charge on any atom is 0.0800 e. The second-order valence-corrected chi connectivity index (χ2v) is 11.9. The fourth-order valence-electron chi connectivity index (χ4n) is 8.71. The lowest BCUT2D eigenvalue weighted by atomic mass is 9.49. The smallest absolute Gasteiger partial charge is 0.0800 e. The first kappa shape index (κ1) is 23.8. The molecule has 4 aliphatic carbocycles. The Morgan fingerprint density at radius 2 is 1.92 bits per heavy atom. The molecule has 2 heteroatoms. The summed E-state index contributed by atoms with van der Waals surface area (Å²) in [5, 5.41) is 0. The minimum atomic E-state index is -0.116. The lowest BCUT2D eigenvalue weighted by Crippen LogP contribution is -2.47. The minimum Gasteiger partial charge on any atom is -0.505 e. The summed E-state index contributed by atoms with van der Waals surface area (Å²) in [6, 6.07) is 9.70. The van der Waals surface area contributed by atoms with Gasteiger partial charge in [-0.2, -0.15) is 0 Å². The Labute approximate surface area is 218 Å². The molecule has 2 nitrogen and oxygen atoms in total. The third kappa shape index (κ3) is 3.63. The van der Waals surface area contributed by atoms with Gasteiger partial charge in [-0.15, -0.1) is 11.7 Å². The van der Waals surface area contributed by atoms with Crippen molar-refractivity contribution in [2.45, 2.75) is 77.6 Å². The predicted octanol–water partition coefficient (Wildman–Crippen LogP) is 7.94. The maximum atomic E-state index is 5.47. The van der Waals surface area contributed by atoms with E-state index in [1.165, 1.54) is 68.4 Å². The molecule has 1 aromatic rings. The van der Waals surface area contributed by atoms with Crippen LogP contribution < -0.4 is 4.90 Å². The maximum absolute atomic E-state index is 5.47. The number of fused-ring (bicyclic) bond motifs is 4. The zero-order valence-electron chi connectivity index (χ0n) is 22.4. The summed E-state index contributed by atoms with van der Waals surface area (Å²) in [4.78, 5) is 2.55. The van der Waals surface area contributed by atoms with E-state index in [2.05, 4.69) is 65.8 Å². The molecule has 0 radical (unpaired) electrons. The molecule has 0 amide bonds. The van der Waals surface area contributed by atoms with Gasteiger partial charge in [0.15, 0.2) is 0 Å². The van der Waals surface area contributed by atoms with Crippen LogP contribution in [0.1, 0.15) is 83.1 Å². The summed E-state index contributed by atoms with van der Waals surface area (Å²) >= 11 is 0. The fraction of sp³-hybridized carbons (Fsp3) is 0.559. The Bertz CT molecular complexity index is 1190. The normalized spacial score (nSPS) is 35.1. The third-order valence-corrected chi connectivity index (χ3v) is 10.4. The summed E-state index contributed by atoms with van der Waals surface area (Å²) in [5.74, 6) is 8.87. The summed E-state index contributed by atoms with van der Waals surface area (Å²) in [6.07, 6.45) is 17.5. The number of nitrogens with zero attached hydrogens (tertiary/aromatic N) is 1. The molecule has 36 heavy (non-hydrogen) atoms. The number of hydrogen-bond donors (Lipinski definition) is 0. The van der Waals surface area contributed by atoms with Crippen molar-refractivity contribution in [1.82, 2.24) is 0 Å². The number of benzene rings is 1. The molecule has 188 valence electrons. The van der Waals surface area contributed by atoms with Gasteiger partial charge in [0.05, 0.1) is 18.8 Å². The van der Waals surface area contributed by atoms with Crippen LogP contribution in [0.25, 0.3) is 0 Å². The van der Waals surface area contributed by atoms with Gasteiger partial charge in [0.2, 0.25) is 0 Å². The molecular formula is C34H41NO. The predicted molar refractivity (Wildman–Crippen MR) is 149 cm³/mol. The zero-order valence-corrected chi connectivity index (χ0v) is 22.4. The Morgan fingerprint density at radius 3 is 2.67 bits per heavy atom. The number of methoxy groups -OCH3 is 1. The zero-order chi connectivity index (χ0) is 24.8. The second-order valence-electron chi connectivity index (χ2n) is 11.9. The summed E-state index contributed by atoms with van der Waals surface area (Å²) < 4.78 is 5.47. The molecule has 0 aromatic heterocycles. The largest absolute Gasteiger partial charge is 0.505 e. The number of rotatable bonds is 4. The molecule has 0 bridgehead atoms. The highest BCUT2D eigenvalue weighted by Gasteiger charge is 2.62. The van der Waals surface area contributed by atoms with E-state index in [9.17, 15) is 0 Å². The molecule has 5 aliphatic rings. The molecule has 1 heterocycles. The van der Waals surface area contributed by atoms with Crippen molar-refractivity contribution in [1.29, 1.82) is 0 Å². The topological polar surface area (TPSA) is 12.5 Å². The average Bonchev–Trinajstić information content (AvgIpc) is 3.54. The third-order valence-electron chi connectivity index (χ3n) is 10.4. The van der Waals surface area contributed by atoms with Crippen molar-refractivity contribution >= 4 is 5.69 Å². The van der Waals surface area contributed by atoms with E-state index in [0.717, 1.165) is 19.3 Å². The highest BCUT2D eigenvalue weighted by atomic mass is 16.5. The van der Waals surface area contributed by atoms with Crippen molar-refractivity contribution in [3.63, 3.8) is 0 Å². The van der Waals surface area contributed by atoms with Gasteiger partial charge in [-0.1, -0.05) is 30.6 Å². The highest BCUT2D eigenvalue weighted by Crippen LogP contribution is 2.69. The van der Waals surface area contributed by atoms with Crippen LogP contribution in [0.2, 0.25) is 0 Å². The Morgan fingerprint density at radius 1 is 1.11 bits per heavy atom. The highest BCUT2D eigenvalue weighted by molar-refractivity contribution is 5.53. The molecule has 6 rings (SSSR count). The molecule has 3 fully saturated rings. The summed E-state index contributed by atoms with van der Waals surface area (Å²) in [7, 11) is 1.76. The van der Waals surface area contributed by atoms with Crippen molar-refractivity contribution in [2.75, 3.05) is 25.1 Å². The van der Waals surface area contributed by atoms with Crippen LogP contribution >= 0.6 is 0 Å². The van der Waals surface area contributed by atoms with Crippen LogP contribution in [-0.2, 0) is 4.74 Å². The van der Waals surface area contributed by atoms with Crippen LogP contribution in [0.15, 0.2) is 65.1 Å². The van der Waals surface area contributed by atoms with E-state index >= 15 is 0 Å². The molecule has 0 unspecified atom stereocenters.